The lowest BCUT2D eigenvalue weighted by atomic mass is 10.1. The van der Waals surface area contributed by atoms with Crippen LogP contribution in [0.3, 0.4) is 0 Å². The zero-order valence-corrected chi connectivity index (χ0v) is 10.5. The molecule has 0 aliphatic heterocycles. The van der Waals surface area contributed by atoms with E-state index >= 15 is 0 Å². The van der Waals surface area contributed by atoms with Crippen LogP contribution >= 0.6 is 0 Å². The van der Waals surface area contributed by atoms with Crippen LogP contribution in [0, 0.1) is 6.92 Å². The van der Waals surface area contributed by atoms with Gasteiger partial charge in [-0.3, -0.25) is 0 Å². The number of aromatic hydroxyl groups is 1. The molecule has 0 spiro atoms. The van der Waals surface area contributed by atoms with Crippen molar-refractivity contribution in [2.75, 3.05) is 6.61 Å². The Morgan fingerprint density at radius 2 is 2.22 bits per heavy atom. The number of aromatic nitrogens is 2. The third-order valence-corrected chi connectivity index (χ3v) is 2.58. The Balaban J connectivity index is 2.16. The minimum absolute atomic E-state index is 0.217. The van der Waals surface area contributed by atoms with Crippen LogP contribution in [0.25, 0.3) is 11.5 Å². The fourth-order valence-electron chi connectivity index (χ4n) is 1.58. The quantitative estimate of drug-likeness (QED) is 0.824. The highest BCUT2D eigenvalue weighted by molar-refractivity contribution is 5.61. The fourth-order valence-corrected chi connectivity index (χ4v) is 1.58. The summed E-state index contributed by atoms with van der Waals surface area (Å²) in [5, 5.41) is 13.5. The number of ether oxygens (including phenoxy) is 1. The molecule has 0 bridgehead atoms. The van der Waals surface area contributed by atoms with Gasteiger partial charge in [-0.1, -0.05) is 18.1 Å². The lowest BCUT2D eigenvalue weighted by molar-refractivity contribution is 0.114. The van der Waals surface area contributed by atoms with Crippen LogP contribution in [0.4, 0.5) is 0 Å². The van der Waals surface area contributed by atoms with E-state index in [0.29, 0.717) is 24.9 Å². The molecule has 0 atom stereocenters. The molecular formula is C13H16N2O3. The number of hydrogen-bond donors (Lipinski definition) is 1. The highest BCUT2D eigenvalue weighted by Gasteiger charge is 2.12. The Morgan fingerprint density at radius 1 is 1.39 bits per heavy atom. The Morgan fingerprint density at radius 3 is 3.00 bits per heavy atom. The summed E-state index contributed by atoms with van der Waals surface area (Å²) in [5.74, 6) is 1.13. The zero-order chi connectivity index (χ0) is 13.0. The lowest BCUT2D eigenvalue weighted by Crippen LogP contribution is -1.95. The third kappa shape index (κ3) is 2.68. The minimum atomic E-state index is 0.217. The summed E-state index contributed by atoms with van der Waals surface area (Å²) in [6, 6.07) is 5.20. The number of hydrogen-bond acceptors (Lipinski definition) is 5. The molecule has 1 aromatic carbocycles. The summed E-state index contributed by atoms with van der Waals surface area (Å²) in [7, 11) is 0. The number of phenols is 1. The first kappa shape index (κ1) is 12.6. The molecule has 0 radical (unpaired) electrons. The van der Waals surface area contributed by atoms with Crippen LogP contribution in [0.2, 0.25) is 0 Å². The van der Waals surface area contributed by atoms with E-state index in [-0.39, 0.29) is 5.75 Å². The summed E-state index contributed by atoms with van der Waals surface area (Å²) in [5.41, 5.74) is 1.46. The van der Waals surface area contributed by atoms with E-state index in [9.17, 15) is 5.11 Å². The molecule has 5 nitrogen and oxygen atoms in total. The topological polar surface area (TPSA) is 68.4 Å². The molecule has 2 rings (SSSR count). The molecule has 5 heteroatoms. The molecule has 18 heavy (non-hydrogen) atoms. The van der Waals surface area contributed by atoms with Crippen molar-refractivity contribution < 1.29 is 14.4 Å². The van der Waals surface area contributed by atoms with E-state index in [4.69, 9.17) is 9.26 Å². The van der Waals surface area contributed by atoms with E-state index in [1.807, 2.05) is 19.9 Å². The Labute approximate surface area is 105 Å². The largest absolute Gasteiger partial charge is 0.508 e. The summed E-state index contributed by atoms with van der Waals surface area (Å²) >= 11 is 0. The maximum absolute atomic E-state index is 9.63. The predicted molar refractivity (Wildman–Crippen MR) is 66.1 cm³/mol. The van der Waals surface area contributed by atoms with Crippen molar-refractivity contribution >= 4 is 0 Å². The van der Waals surface area contributed by atoms with E-state index < -0.39 is 0 Å². The van der Waals surface area contributed by atoms with E-state index in [1.165, 1.54) is 0 Å². The van der Waals surface area contributed by atoms with Crippen LogP contribution in [0.5, 0.6) is 5.75 Å². The van der Waals surface area contributed by atoms with Gasteiger partial charge in [-0.2, -0.15) is 4.98 Å². The van der Waals surface area contributed by atoms with Crippen molar-refractivity contribution in [3.05, 3.63) is 29.6 Å². The van der Waals surface area contributed by atoms with Crippen molar-refractivity contribution in [2.45, 2.75) is 26.9 Å². The lowest BCUT2D eigenvalue weighted by Gasteiger charge is -2.01. The molecule has 0 aliphatic carbocycles. The Kier molecular flexibility index (Phi) is 3.94. The van der Waals surface area contributed by atoms with Gasteiger partial charge < -0.3 is 14.4 Å². The first-order chi connectivity index (χ1) is 8.72. The number of benzene rings is 1. The molecule has 1 heterocycles. The summed E-state index contributed by atoms with van der Waals surface area (Å²) < 4.78 is 10.5. The highest BCUT2D eigenvalue weighted by atomic mass is 16.5. The molecule has 0 unspecified atom stereocenters. The minimum Gasteiger partial charge on any atom is -0.508 e. The van der Waals surface area contributed by atoms with Crippen LogP contribution in [0.15, 0.2) is 22.7 Å². The van der Waals surface area contributed by atoms with Crippen molar-refractivity contribution in [3.63, 3.8) is 0 Å². The van der Waals surface area contributed by atoms with Crippen molar-refractivity contribution in [1.29, 1.82) is 0 Å². The summed E-state index contributed by atoms with van der Waals surface area (Å²) in [4.78, 5) is 4.24. The predicted octanol–water partition coefficient (Wildman–Crippen LogP) is 2.68. The zero-order valence-electron chi connectivity index (χ0n) is 10.5. The molecule has 0 amide bonds. The number of nitrogens with zero attached hydrogens (tertiary/aromatic N) is 2. The van der Waals surface area contributed by atoms with Crippen LogP contribution < -0.4 is 0 Å². The highest BCUT2D eigenvalue weighted by Crippen LogP contribution is 2.27. The van der Waals surface area contributed by atoms with E-state index in [0.717, 1.165) is 17.5 Å². The molecule has 2 aromatic rings. The Hall–Kier alpha value is -1.88. The molecule has 0 fully saturated rings. The summed E-state index contributed by atoms with van der Waals surface area (Å²) in [6.07, 6.45) is 0.955. The molecule has 96 valence electrons. The second-order valence-corrected chi connectivity index (χ2v) is 4.02. The van der Waals surface area contributed by atoms with Gasteiger partial charge in [-0.25, -0.2) is 0 Å². The van der Waals surface area contributed by atoms with Crippen molar-refractivity contribution in [2.24, 2.45) is 0 Å². The van der Waals surface area contributed by atoms with Gasteiger partial charge in [0.1, 0.15) is 12.4 Å². The fraction of sp³-hybridized carbons (Fsp3) is 0.385. The van der Waals surface area contributed by atoms with Gasteiger partial charge in [-0.05, 0) is 25.5 Å². The second-order valence-electron chi connectivity index (χ2n) is 4.02. The van der Waals surface area contributed by atoms with Crippen molar-refractivity contribution in [3.8, 4) is 17.2 Å². The smallest absolute Gasteiger partial charge is 0.258 e. The summed E-state index contributed by atoms with van der Waals surface area (Å²) in [6.45, 7) is 4.87. The number of rotatable bonds is 5. The molecule has 1 aromatic heterocycles. The van der Waals surface area contributed by atoms with Crippen LogP contribution in [0.1, 0.15) is 24.7 Å². The van der Waals surface area contributed by atoms with Gasteiger partial charge in [0.25, 0.3) is 5.89 Å². The van der Waals surface area contributed by atoms with Gasteiger partial charge >= 0.3 is 0 Å². The van der Waals surface area contributed by atoms with Crippen LogP contribution in [-0.2, 0) is 11.3 Å². The average Bonchev–Trinajstić information content (AvgIpc) is 2.82. The monoisotopic (exact) mass is 248 g/mol. The van der Waals surface area contributed by atoms with Crippen LogP contribution in [-0.4, -0.2) is 21.9 Å². The van der Waals surface area contributed by atoms with Crippen molar-refractivity contribution in [1.82, 2.24) is 10.1 Å². The first-order valence-corrected chi connectivity index (χ1v) is 5.91. The van der Waals surface area contributed by atoms with Gasteiger partial charge in [0.15, 0.2) is 5.82 Å². The van der Waals surface area contributed by atoms with Gasteiger partial charge in [-0.15, -0.1) is 0 Å². The van der Waals surface area contributed by atoms with Gasteiger partial charge in [0.05, 0.1) is 0 Å². The average molecular weight is 248 g/mol. The second kappa shape index (κ2) is 5.64. The molecule has 0 saturated carbocycles. The van der Waals surface area contributed by atoms with Gasteiger partial charge in [0, 0.05) is 17.7 Å². The van der Waals surface area contributed by atoms with E-state index in [1.54, 1.807) is 12.1 Å². The Bertz CT molecular complexity index is 523. The third-order valence-electron chi connectivity index (χ3n) is 2.58. The SMILES string of the molecule is CCCOCc1noc(-c2cccc(O)c2C)n1. The molecular weight excluding hydrogens is 232 g/mol. The maximum atomic E-state index is 9.63. The van der Waals surface area contributed by atoms with Gasteiger partial charge in [0.2, 0.25) is 0 Å². The normalized spacial score (nSPS) is 10.8. The molecule has 0 aliphatic rings. The molecule has 1 N–H and O–H groups in total. The van der Waals surface area contributed by atoms with E-state index in [2.05, 4.69) is 10.1 Å². The first-order valence-electron chi connectivity index (χ1n) is 5.91. The maximum Gasteiger partial charge on any atom is 0.258 e. The molecule has 0 saturated heterocycles. The number of phenolic OH excluding ortho intramolecular Hbond substituents is 1. The standard InChI is InChI=1S/C13H16N2O3/c1-3-7-17-8-12-14-13(18-15-12)10-5-4-6-11(16)9(10)2/h4-6,16H,3,7-8H2,1-2H3.